The van der Waals surface area contributed by atoms with Crippen molar-refractivity contribution in [3.8, 4) is 0 Å². The molecule has 1 fully saturated rings. The van der Waals surface area contributed by atoms with Crippen molar-refractivity contribution < 1.29 is 32.3 Å². The van der Waals surface area contributed by atoms with Gasteiger partial charge in [0, 0.05) is 43.0 Å². The number of hydrogen-bond acceptors (Lipinski definition) is 3. The maximum Gasteiger partial charge on any atom is 0.490 e. The Balaban J connectivity index is 0.000000360. The molecule has 2 aromatic carbocycles. The van der Waals surface area contributed by atoms with Crippen LogP contribution in [0.3, 0.4) is 0 Å². The first-order chi connectivity index (χ1) is 15.1. The summed E-state index contributed by atoms with van der Waals surface area (Å²) in [5.41, 5.74) is 2.79. The standard InChI is InChI=1S/C20H20FN3O.C2HF3O2/c21-16-7-6-15-9-17(23-19(15)10-16)12-22-11-14-8-20(25)24(13-14)18-4-2-1-3-5-18;3-2(4,5)1(6)7/h1-7,9-10,14,22-23H,8,11-13H2;(H,6,7). The van der Waals surface area contributed by atoms with Gasteiger partial charge < -0.3 is 20.3 Å². The number of amides is 1. The van der Waals surface area contributed by atoms with Gasteiger partial charge >= 0.3 is 12.1 Å². The van der Waals surface area contributed by atoms with Gasteiger partial charge in [0.1, 0.15) is 5.82 Å². The molecule has 170 valence electrons. The third kappa shape index (κ3) is 6.07. The lowest BCUT2D eigenvalue weighted by molar-refractivity contribution is -0.192. The summed E-state index contributed by atoms with van der Waals surface area (Å²) < 4.78 is 45.0. The van der Waals surface area contributed by atoms with Crippen LogP contribution in [0.25, 0.3) is 10.9 Å². The van der Waals surface area contributed by atoms with E-state index < -0.39 is 12.1 Å². The number of nitrogens with one attached hydrogen (secondary N) is 2. The number of benzene rings is 2. The third-order valence-electron chi connectivity index (χ3n) is 4.90. The van der Waals surface area contributed by atoms with Crippen molar-refractivity contribution in [1.82, 2.24) is 10.3 Å². The summed E-state index contributed by atoms with van der Waals surface area (Å²) in [6.07, 6.45) is -4.51. The van der Waals surface area contributed by atoms with Crippen molar-refractivity contribution in [3.63, 3.8) is 0 Å². The van der Waals surface area contributed by atoms with Crippen LogP contribution in [0.5, 0.6) is 0 Å². The van der Waals surface area contributed by atoms with Gasteiger partial charge in [0.05, 0.1) is 0 Å². The number of aromatic nitrogens is 1. The van der Waals surface area contributed by atoms with Crippen molar-refractivity contribution >= 4 is 28.5 Å². The molecule has 0 aliphatic carbocycles. The molecule has 10 heteroatoms. The molecule has 2 heterocycles. The molecular formula is C22H21F4N3O3. The number of carboxylic acid groups (broad SMARTS) is 1. The van der Waals surface area contributed by atoms with Gasteiger partial charge in [-0.05, 0) is 47.7 Å². The average molecular weight is 451 g/mol. The minimum Gasteiger partial charge on any atom is -0.475 e. The van der Waals surface area contributed by atoms with Gasteiger partial charge in [0.15, 0.2) is 0 Å². The van der Waals surface area contributed by atoms with Gasteiger partial charge in [-0.25, -0.2) is 9.18 Å². The molecule has 3 N–H and O–H groups in total. The molecule has 0 saturated carbocycles. The smallest absolute Gasteiger partial charge is 0.475 e. The van der Waals surface area contributed by atoms with Crippen LogP contribution in [0, 0.1) is 11.7 Å². The Bertz CT molecular complexity index is 1080. The highest BCUT2D eigenvalue weighted by Crippen LogP contribution is 2.24. The minimum absolute atomic E-state index is 0.180. The molecule has 0 bridgehead atoms. The number of anilines is 1. The van der Waals surface area contributed by atoms with Gasteiger partial charge in [-0.15, -0.1) is 0 Å². The fourth-order valence-corrected chi connectivity index (χ4v) is 3.44. The first kappa shape index (κ1) is 23.3. The highest BCUT2D eigenvalue weighted by molar-refractivity contribution is 5.95. The summed E-state index contributed by atoms with van der Waals surface area (Å²) in [6.45, 7) is 2.19. The molecule has 1 saturated heterocycles. The lowest BCUT2D eigenvalue weighted by atomic mass is 10.1. The number of fused-ring (bicyclic) bond motifs is 1. The number of alkyl halides is 3. The second-order valence-electron chi connectivity index (χ2n) is 7.37. The normalized spacial score (nSPS) is 16.2. The third-order valence-corrected chi connectivity index (χ3v) is 4.90. The molecule has 1 aliphatic rings. The molecule has 6 nitrogen and oxygen atoms in total. The zero-order valence-electron chi connectivity index (χ0n) is 16.8. The number of aliphatic carboxylic acids is 1. The highest BCUT2D eigenvalue weighted by Gasteiger charge is 2.38. The van der Waals surface area contributed by atoms with Gasteiger partial charge in [0.25, 0.3) is 0 Å². The number of rotatable bonds is 5. The van der Waals surface area contributed by atoms with Gasteiger partial charge in [-0.2, -0.15) is 13.2 Å². The topological polar surface area (TPSA) is 85.4 Å². The van der Waals surface area contributed by atoms with Gasteiger partial charge in [-0.1, -0.05) is 18.2 Å². The van der Waals surface area contributed by atoms with Crippen LogP contribution >= 0.6 is 0 Å². The molecular weight excluding hydrogens is 430 g/mol. The van der Waals surface area contributed by atoms with E-state index in [4.69, 9.17) is 9.90 Å². The number of aromatic amines is 1. The molecule has 1 amide bonds. The van der Waals surface area contributed by atoms with E-state index in [1.165, 1.54) is 12.1 Å². The predicted octanol–water partition coefficient (Wildman–Crippen LogP) is 4.08. The number of para-hydroxylation sites is 1. The number of nitrogens with zero attached hydrogens (tertiary/aromatic N) is 1. The van der Waals surface area contributed by atoms with Gasteiger partial charge in [-0.3, -0.25) is 4.79 Å². The molecule has 32 heavy (non-hydrogen) atoms. The first-order valence-electron chi connectivity index (χ1n) is 9.77. The summed E-state index contributed by atoms with van der Waals surface area (Å²) in [5.74, 6) is -2.51. The second-order valence-corrected chi connectivity index (χ2v) is 7.37. The largest absolute Gasteiger partial charge is 0.490 e. The molecule has 1 unspecified atom stereocenters. The van der Waals surface area contributed by atoms with Gasteiger partial charge in [0.2, 0.25) is 5.91 Å². The molecule has 1 atom stereocenters. The number of halogens is 4. The van der Waals surface area contributed by atoms with Crippen LogP contribution in [0.2, 0.25) is 0 Å². The Morgan fingerprint density at radius 3 is 2.50 bits per heavy atom. The molecule has 4 rings (SSSR count). The van der Waals surface area contributed by atoms with Crippen LogP contribution in [0.4, 0.5) is 23.2 Å². The van der Waals surface area contributed by atoms with E-state index in [2.05, 4.69) is 10.3 Å². The summed E-state index contributed by atoms with van der Waals surface area (Å²) in [7, 11) is 0. The zero-order valence-corrected chi connectivity index (χ0v) is 16.8. The van der Waals surface area contributed by atoms with Crippen LogP contribution < -0.4 is 10.2 Å². The van der Waals surface area contributed by atoms with Crippen molar-refractivity contribution in [1.29, 1.82) is 0 Å². The molecule has 1 aliphatic heterocycles. The Labute approximate surface area is 180 Å². The van der Waals surface area contributed by atoms with Crippen LogP contribution in [0.1, 0.15) is 12.1 Å². The SMILES string of the molecule is O=C(O)C(F)(F)F.O=C1CC(CNCc2cc3ccc(F)cc3[nH]2)CN1c1ccccc1. The summed E-state index contributed by atoms with van der Waals surface area (Å²) >= 11 is 0. The molecule has 1 aromatic heterocycles. The average Bonchev–Trinajstić information content (AvgIpc) is 3.30. The second kappa shape index (κ2) is 9.82. The van der Waals surface area contributed by atoms with Crippen molar-refractivity contribution in [2.75, 3.05) is 18.0 Å². The molecule has 0 radical (unpaired) electrons. The summed E-state index contributed by atoms with van der Waals surface area (Å²) in [4.78, 5) is 26.2. The van der Waals surface area contributed by atoms with Crippen molar-refractivity contribution in [3.05, 3.63) is 66.1 Å². The highest BCUT2D eigenvalue weighted by atomic mass is 19.4. The monoisotopic (exact) mass is 451 g/mol. The Kier molecular flexibility index (Phi) is 7.14. The number of H-pyrrole nitrogens is 1. The predicted molar refractivity (Wildman–Crippen MR) is 111 cm³/mol. The van der Waals surface area contributed by atoms with E-state index in [0.29, 0.717) is 18.9 Å². The van der Waals surface area contributed by atoms with Crippen molar-refractivity contribution in [2.45, 2.75) is 19.1 Å². The summed E-state index contributed by atoms with van der Waals surface area (Å²) in [6, 6.07) is 16.6. The number of carbonyl (C=O) groups excluding carboxylic acids is 1. The maximum atomic E-state index is 13.2. The number of carboxylic acids is 1. The molecule has 3 aromatic rings. The van der Waals surface area contributed by atoms with E-state index in [0.717, 1.165) is 35.4 Å². The quantitative estimate of drug-likeness (QED) is 0.511. The first-order valence-corrected chi connectivity index (χ1v) is 9.77. The van der Waals surface area contributed by atoms with Crippen LogP contribution in [-0.4, -0.2) is 41.2 Å². The number of carbonyl (C=O) groups is 2. The van der Waals surface area contributed by atoms with E-state index in [-0.39, 0.29) is 11.7 Å². The molecule has 0 spiro atoms. The fourth-order valence-electron chi connectivity index (χ4n) is 3.44. The van der Waals surface area contributed by atoms with E-state index in [9.17, 15) is 22.4 Å². The maximum absolute atomic E-state index is 13.2. The van der Waals surface area contributed by atoms with Crippen LogP contribution in [0.15, 0.2) is 54.6 Å². The minimum atomic E-state index is -5.08. The van der Waals surface area contributed by atoms with E-state index >= 15 is 0 Å². The lowest BCUT2D eigenvalue weighted by Gasteiger charge is -2.16. The van der Waals surface area contributed by atoms with E-state index in [1.54, 1.807) is 6.07 Å². The lowest BCUT2D eigenvalue weighted by Crippen LogP contribution is -2.27. The Morgan fingerprint density at radius 1 is 1.16 bits per heavy atom. The zero-order chi connectivity index (χ0) is 23.3. The Morgan fingerprint density at radius 2 is 1.84 bits per heavy atom. The van der Waals surface area contributed by atoms with Crippen molar-refractivity contribution in [2.24, 2.45) is 5.92 Å². The fraction of sp³-hybridized carbons (Fsp3) is 0.273. The Hall–Kier alpha value is -3.40. The summed E-state index contributed by atoms with van der Waals surface area (Å²) in [5, 5.41) is 11.5. The van der Waals surface area contributed by atoms with Crippen LogP contribution in [-0.2, 0) is 16.1 Å². The number of hydrogen-bond donors (Lipinski definition) is 3. The van der Waals surface area contributed by atoms with E-state index in [1.807, 2.05) is 41.3 Å².